The van der Waals surface area contributed by atoms with Crippen molar-refractivity contribution in [2.45, 2.75) is 38.6 Å². The van der Waals surface area contributed by atoms with Gasteiger partial charge in [-0.2, -0.15) is 5.10 Å². The molecule has 1 aromatic heterocycles. The highest BCUT2D eigenvalue weighted by Gasteiger charge is 2.34. The van der Waals surface area contributed by atoms with Crippen molar-refractivity contribution in [2.24, 2.45) is 7.05 Å². The molecule has 1 aliphatic rings. The molecule has 20 heavy (non-hydrogen) atoms. The summed E-state index contributed by atoms with van der Waals surface area (Å²) in [4.78, 5) is 13.9. The van der Waals surface area contributed by atoms with Crippen LogP contribution in [0.3, 0.4) is 0 Å². The summed E-state index contributed by atoms with van der Waals surface area (Å²) >= 11 is 0. The second kappa shape index (κ2) is 6.26. The van der Waals surface area contributed by atoms with Crippen LogP contribution in [0.2, 0.25) is 0 Å². The summed E-state index contributed by atoms with van der Waals surface area (Å²) in [6.45, 7) is 3.47. The van der Waals surface area contributed by atoms with Crippen LogP contribution in [-0.4, -0.2) is 46.0 Å². The maximum absolute atomic E-state index is 11.8. The first-order valence-corrected chi connectivity index (χ1v) is 7.10. The zero-order valence-corrected chi connectivity index (χ0v) is 12.4. The first-order valence-electron chi connectivity index (χ1n) is 7.10. The zero-order chi connectivity index (χ0) is 14.7. The molecule has 6 heteroatoms. The average molecular weight is 281 g/mol. The van der Waals surface area contributed by atoms with Crippen molar-refractivity contribution >= 4 is 5.97 Å². The summed E-state index contributed by atoms with van der Waals surface area (Å²) in [7, 11) is 3.33. The largest absolute Gasteiger partial charge is 0.481 e. The molecule has 0 radical (unpaired) electrons. The monoisotopic (exact) mass is 281 g/mol. The van der Waals surface area contributed by atoms with E-state index in [0.29, 0.717) is 11.4 Å². The van der Waals surface area contributed by atoms with E-state index in [9.17, 15) is 9.90 Å². The van der Waals surface area contributed by atoms with E-state index in [0.717, 1.165) is 31.6 Å². The first-order chi connectivity index (χ1) is 9.56. The Hall–Kier alpha value is -1.56. The molecule has 1 aromatic rings. The molecule has 1 aliphatic heterocycles. The number of likely N-dealkylation sites (tertiary alicyclic amines) is 1. The van der Waals surface area contributed by atoms with Crippen LogP contribution >= 0.6 is 0 Å². The van der Waals surface area contributed by atoms with E-state index in [1.54, 1.807) is 18.8 Å². The molecule has 0 saturated carbocycles. The number of ether oxygens (including phenoxy) is 1. The molecule has 0 spiro atoms. The molecule has 0 bridgehead atoms. The smallest absolute Gasteiger partial charge is 0.325 e. The number of rotatable bonds is 4. The molecule has 6 nitrogen and oxygen atoms in total. The lowest BCUT2D eigenvalue weighted by Gasteiger charge is -2.27. The minimum atomic E-state index is -0.832. The summed E-state index contributed by atoms with van der Waals surface area (Å²) in [6.07, 6.45) is 4.44. The van der Waals surface area contributed by atoms with Gasteiger partial charge < -0.3 is 9.84 Å². The molecule has 1 atom stereocenters. The lowest BCUT2D eigenvalue weighted by atomic mass is 10.1. The Morgan fingerprint density at radius 3 is 2.40 bits per heavy atom. The Bertz CT molecular complexity index is 476. The topological polar surface area (TPSA) is 67.6 Å². The van der Waals surface area contributed by atoms with Crippen molar-refractivity contribution in [3.8, 4) is 5.88 Å². The van der Waals surface area contributed by atoms with Crippen molar-refractivity contribution in [2.75, 3.05) is 20.2 Å². The Morgan fingerprint density at radius 2 is 1.90 bits per heavy atom. The fourth-order valence-corrected chi connectivity index (χ4v) is 3.03. The number of nitrogens with zero attached hydrogens (tertiary/aromatic N) is 3. The van der Waals surface area contributed by atoms with Gasteiger partial charge in [0.25, 0.3) is 0 Å². The van der Waals surface area contributed by atoms with Gasteiger partial charge in [0, 0.05) is 7.05 Å². The molecule has 1 unspecified atom stereocenters. The number of hydrogen-bond donors (Lipinski definition) is 1. The van der Waals surface area contributed by atoms with Gasteiger partial charge in [-0.05, 0) is 32.9 Å². The zero-order valence-electron chi connectivity index (χ0n) is 12.4. The standard InChI is InChI=1S/C14H23N3O3/c1-10-11(13(20-3)16(2)15-10)12(14(18)19)17-8-6-4-5-7-9-17/h12H,4-9H2,1-3H3,(H,18,19). The number of carbonyl (C=O) groups is 1. The molecule has 0 aromatic carbocycles. The van der Waals surface area contributed by atoms with Gasteiger partial charge in [-0.15, -0.1) is 0 Å². The summed E-state index contributed by atoms with van der Waals surface area (Å²) in [5, 5.41) is 14.0. The Balaban J connectivity index is 2.40. The fourth-order valence-electron chi connectivity index (χ4n) is 3.03. The molecule has 1 N–H and O–H groups in total. The molecular weight excluding hydrogens is 258 g/mol. The Labute approximate surface area is 119 Å². The molecule has 1 saturated heterocycles. The van der Waals surface area contributed by atoms with Gasteiger partial charge in [0.2, 0.25) is 5.88 Å². The van der Waals surface area contributed by atoms with Crippen LogP contribution in [-0.2, 0) is 11.8 Å². The van der Waals surface area contributed by atoms with Crippen LogP contribution in [0.4, 0.5) is 0 Å². The number of hydrogen-bond acceptors (Lipinski definition) is 4. The molecule has 2 rings (SSSR count). The lowest BCUT2D eigenvalue weighted by Crippen LogP contribution is -2.35. The van der Waals surface area contributed by atoms with Gasteiger partial charge in [0.05, 0.1) is 18.4 Å². The first kappa shape index (κ1) is 14.8. The van der Waals surface area contributed by atoms with Gasteiger partial charge in [-0.3, -0.25) is 9.69 Å². The van der Waals surface area contributed by atoms with Crippen molar-refractivity contribution in [1.29, 1.82) is 0 Å². The number of methoxy groups -OCH3 is 1. The quantitative estimate of drug-likeness (QED) is 0.910. The third-order valence-electron chi connectivity index (χ3n) is 3.92. The average Bonchev–Trinajstić information content (AvgIpc) is 2.60. The minimum Gasteiger partial charge on any atom is -0.481 e. The van der Waals surface area contributed by atoms with E-state index >= 15 is 0 Å². The van der Waals surface area contributed by atoms with Gasteiger partial charge in [-0.1, -0.05) is 12.8 Å². The normalized spacial score (nSPS) is 18.6. The third kappa shape index (κ3) is 2.80. The highest BCUT2D eigenvalue weighted by atomic mass is 16.5. The summed E-state index contributed by atoms with van der Waals surface area (Å²) in [5.41, 5.74) is 1.41. The molecular formula is C14H23N3O3. The van der Waals surface area contributed by atoms with Gasteiger partial charge >= 0.3 is 5.97 Å². The van der Waals surface area contributed by atoms with E-state index in [1.807, 2.05) is 11.8 Å². The highest BCUT2D eigenvalue weighted by molar-refractivity contribution is 5.77. The van der Waals surface area contributed by atoms with Crippen molar-refractivity contribution in [3.63, 3.8) is 0 Å². The number of carboxylic acids is 1. The Morgan fingerprint density at radius 1 is 1.30 bits per heavy atom. The molecule has 0 aliphatic carbocycles. The predicted octanol–water partition coefficient (Wildman–Crippen LogP) is 1.74. The van der Waals surface area contributed by atoms with Gasteiger partial charge in [0.1, 0.15) is 6.04 Å². The lowest BCUT2D eigenvalue weighted by molar-refractivity contribution is -0.143. The predicted molar refractivity (Wildman–Crippen MR) is 74.9 cm³/mol. The molecule has 112 valence electrons. The van der Waals surface area contributed by atoms with Gasteiger partial charge in [0.15, 0.2) is 0 Å². The molecule has 2 heterocycles. The Kier molecular flexibility index (Phi) is 4.65. The van der Waals surface area contributed by atoms with E-state index in [-0.39, 0.29) is 0 Å². The SMILES string of the molecule is COc1c(C(C(=O)O)N2CCCCCC2)c(C)nn1C. The minimum absolute atomic E-state index is 0.541. The maximum Gasteiger partial charge on any atom is 0.325 e. The van der Waals surface area contributed by atoms with Crippen LogP contribution in [0.1, 0.15) is 43.0 Å². The molecule has 0 amide bonds. The van der Waals surface area contributed by atoms with Crippen molar-refractivity contribution < 1.29 is 14.6 Å². The number of carboxylic acid groups (broad SMARTS) is 1. The van der Waals surface area contributed by atoms with Crippen LogP contribution < -0.4 is 4.74 Å². The summed E-state index contributed by atoms with van der Waals surface area (Å²) < 4.78 is 6.97. The summed E-state index contributed by atoms with van der Waals surface area (Å²) in [5.74, 6) is -0.291. The van der Waals surface area contributed by atoms with Crippen molar-refractivity contribution in [1.82, 2.24) is 14.7 Å². The number of aryl methyl sites for hydroxylation is 2. The second-order valence-electron chi connectivity index (χ2n) is 5.32. The van der Waals surface area contributed by atoms with E-state index in [1.165, 1.54) is 12.8 Å². The van der Waals surface area contributed by atoms with Crippen LogP contribution in [0.15, 0.2) is 0 Å². The van der Waals surface area contributed by atoms with Gasteiger partial charge in [-0.25, -0.2) is 4.68 Å². The number of aromatic nitrogens is 2. The van der Waals surface area contributed by atoms with Crippen molar-refractivity contribution in [3.05, 3.63) is 11.3 Å². The van der Waals surface area contributed by atoms with E-state index in [2.05, 4.69) is 5.10 Å². The van der Waals surface area contributed by atoms with Crippen LogP contribution in [0, 0.1) is 6.92 Å². The summed E-state index contributed by atoms with van der Waals surface area (Å²) in [6, 6.07) is -0.670. The highest BCUT2D eigenvalue weighted by Crippen LogP contribution is 2.33. The van der Waals surface area contributed by atoms with E-state index in [4.69, 9.17) is 4.74 Å². The second-order valence-corrected chi connectivity index (χ2v) is 5.32. The third-order valence-corrected chi connectivity index (χ3v) is 3.92. The maximum atomic E-state index is 11.8. The number of aliphatic carboxylic acids is 1. The fraction of sp³-hybridized carbons (Fsp3) is 0.714. The van der Waals surface area contributed by atoms with Crippen LogP contribution in [0.25, 0.3) is 0 Å². The van der Waals surface area contributed by atoms with Crippen LogP contribution in [0.5, 0.6) is 5.88 Å². The van der Waals surface area contributed by atoms with E-state index < -0.39 is 12.0 Å². The molecule has 1 fully saturated rings.